The second-order valence-electron chi connectivity index (χ2n) is 18.0. The van der Waals surface area contributed by atoms with E-state index in [1.54, 1.807) is 0 Å². The molecule has 0 saturated heterocycles. The predicted molar refractivity (Wildman–Crippen MR) is 283 cm³/mol. The van der Waals surface area contributed by atoms with Crippen LogP contribution in [0.4, 0.5) is 34.1 Å². The van der Waals surface area contributed by atoms with Crippen molar-refractivity contribution in [2.45, 2.75) is 13.1 Å². The maximum absolute atomic E-state index is 6.39. The summed E-state index contributed by atoms with van der Waals surface area (Å²) in [5.41, 5.74) is 13.6. The van der Waals surface area contributed by atoms with Crippen LogP contribution in [0.2, 0.25) is 13.1 Å². The molecule has 312 valence electrons. The zero-order valence-corrected chi connectivity index (χ0v) is 37.7. The van der Waals surface area contributed by atoms with E-state index in [1.807, 2.05) is 6.07 Å². The zero-order valence-electron chi connectivity index (χ0n) is 36.7. The van der Waals surface area contributed by atoms with Gasteiger partial charge in [0.15, 0.2) is 0 Å². The highest BCUT2D eigenvalue weighted by molar-refractivity contribution is 7.03. The van der Waals surface area contributed by atoms with Crippen molar-refractivity contribution in [2.24, 2.45) is 0 Å². The highest BCUT2D eigenvalue weighted by atomic mass is 28.3. The third kappa shape index (κ3) is 5.89. The Morgan fingerprint density at radius 3 is 1.68 bits per heavy atom. The number of benzene rings is 11. The lowest BCUT2D eigenvalue weighted by atomic mass is 9.89. The Balaban J connectivity index is 1.08. The Labute approximate surface area is 385 Å². The highest BCUT2D eigenvalue weighted by Crippen LogP contribution is 2.49. The lowest BCUT2D eigenvalue weighted by Gasteiger charge is -2.36. The first kappa shape index (κ1) is 38.3. The van der Waals surface area contributed by atoms with Crippen molar-refractivity contribution in [2.75, 3.05) is 9.80 Å². The van der Waals surface area contributed by atoms with E-state index in [2.05, 4.69) is 247 Å². The summed E-state index contributed by atoms with van der Waals surface area (Å²) in [4.78, 5) is 4.88. The zero-order chi connectivity index (χ0) is 43.9. The fraction of sp³-hybridized carbons (Fsp3) is 0.0323. The van der Waals surface area contributed by atoms with Gasteiger partial charge >= 0.3 is 0 Å². The monoisotopic (exact) mass is 860 g/mol. The quantitative estimate of drug-likeness (QED) is 0.118. The second-order valence-corrected chi connectivity index (χ2v) is 22.4. The first-order chi connectivity index (χ1) is 32.5. The molecule has 12 aromatic rings. The van der Waals surface area contributed by atoms with Crippen LogP contribution in [-0.4, -0.2) is 8.07 Å². The third-order valence-corrected chi connectivity index (χ3v) is 17.5. The number of nitrogens with zero attached hydrogens (tertiary/aromatic N) is 2. The van der Waals surface area contributed by atoms with Gasteiger partial charge < -0.3 is 14.2 Å². The number of rotatable bonds is 7. The van der Waals surface area contributed by atoms with Crippen LogP contribution in [-0.2, 0) is 0 Å². The summed E-state index contributed by atoms with van der Waals surface area (Å²) in [6, 6.07) is 84.5. The Morgan fingerprint density at radius 2 is 0.909 bits per heavy atom. The van der Waals surface area contributed by atoms with Gasteiger partial charge in [0.1, 0.15) is 19.2 Å². The van der Waals surface area contributed by atoms with E-state index in [0.717, 1.165) is 55.9 Å². The van der Waals surface area contributed by atoms with Gasteiger partial charge in [-0.15, -0.1) is 0 Å². The molecule has 3 nitrogen and oxygen atoms in total. The van der Waals surface area contributed by atoms with Gasteiger partial charge in [0.25, 0.3) is 0 Å². The van der Waals surface area contributed by atoms with E-state index in [9.17, 15) is 0 Å². The van der Waals surface area contributed by atoms with Crippen LogP contribution in [0.15, 0.2) is 235 Å². The summed E-state index contributed by atoms with van der Waals surface area (Å²) in [5.74, 6) is 0. The van der Waals surface area contributed by atoms with Crippen molar-refractivity contribution in [1.29, 1.82) is 0 Å². The van der Waals surface area contributed by atoms with E-state index in [-0.39, 0.29) is 0 Å². The van der Waals surface area contributed by atoms with E-state index in [1.165, 1.54) is 65.1 Å². The van der Waals surface area contributed by atoms with Crippen molar-refractivity contribution in [3.05, 3.63) is 231 Å². The van der Waals surface area contributed by atoms with Crippen LogP contribution < -0.4 is 20.2 Å². The molecule has 66 heavy (non-hydrogen) atoms. The molecule has 0 saturated carbocycles. The number of hydrogen-bond acceptors (Lipinski definition) is 3. The van der Waals surface area contributed by atoms with E-state index < -0.39 is 8.07 Å². The minimum absolute atomic E-state index is 0.882. The van der Waals surface area contributed by atoms with Gasteiger partial charge in [-0.25, -0.2) is 0 Å². The molecule has 11 aromatic carbocycles. The molecular weight excluding hydrogens is 817 g/mol. The largest absolute Gasteiger partial charge is 0.456 e. The van der Waals surface area contributed by atoms with E-state index >= 15 is 0 Å². The molecule has 0 fully saturated rings. The number of fused-ring (bicyclic) bond motifs is 9. The average molecular weight is 861 g/mol. The molecule has 0 amide bonds. The predicted octanol–water partition coefficient (Wildman–Crippen LogP) is 16.5. The number of furan rings is 1. The van der Waals surface area contributed by atoms with Crippen molar-refractivity contribution in [3.8, 4) is 22.3 Å². The Morgan fingerprint density at radius 1 is 0.318 bits per heavy atom. The molecule has 2 heterocycles. The minimum Gasteiger partial charge on any atom is -0.456 e. The normalized spacial score (nSPS) is 12.8. The van der Waals surface area contributed by atoms with Crippen LogP contribution in [0.25, 0.3) is 76.5 Å². The molecule has 0 unspecified atom stereocenters. The molecule has 1 aromatic heterocycles. The van der Waals surface area contributed by atoms with Gasteiger partial charge in [0, 0.05) is 44.5 Å². The Bertz CT molecular complexity index is 3820. The maximum Gasteiger partial charge on any atom is 0.135 e. The standard InChI is InChI=1S/C62H44N2OSi/c1-66(2)60-32-18-29-51-53-40-57(64(56-30-16-14-25-46(56)41-19-6-3-7-20-41)44-34-36-59-54(37-44)49-28-15-17-31-58(49)65-59)48-27-13-12-26-47(48)52(53)39-55(62(51)60)50-35-33-45(38-61(50)66)63(42-21-8-4-9-22-42)43-23-10-5-11-24-43/h3-40H,1-2H3. The van der Waals surface area contributed by atoms with Crippen molar-refractivity contribution in [3.63, 3.8) is 0 Å². The summed E-state index contributed by atoms with van der Waals surface area (Å²) in [6.45, 7) is 5.08. The summed E-state index contributed by atoms with van der Waals surface area (Å²) in [7, 11) is -2.26. The molecular formula is C62H44N2OSi. The highest BCUT2D eigenvalue weighted by Gasteiger charge is 2.37. The van der Waals surface area contributed by atoms with Crippen LogP contribution >= 0.6 is 0 Å². The third-order valence-electron chi connectivity index (χ3n) is 14.0. The summed E-state index contributed by atoms with van der Waals surface area (Å²) in [6.07, 6.45) is 0. The van der Waals surface area contributed by atoms with Crippen molar-refractivity contribution in [1.82, 2.24) is 0 Å². The Hall–Kier alpha value is -8.18. The summed E-state index contributed by atoms with van der Waals surface area (Å²) >= 11 is 0. The van der Waals surface area contributed by atoms with Crippen molar-refractivity contribution >= 4 is 107 Å². The molecule has 0 bridgehead atoms. The Kier molecular flexibility index (Phi) is 8.67. The molecule has 13 rings (SSSR count). The maximum atomic E-state index is 6.39. The lowest BCUT2D eigenvalue weighted by molar-refractivity contribution is 0.669. The smallest absolute Gasteiger partial charge is 0.135 e. The molecule has 0 aliphatic carbocycles. The van der Waals surface area contributed by atoms with E-state index in [4.69, 9.17) is 4.42 Å². The number of anilines is 6. The van der Waals surface area contributed by atoms with E-state index in [0.29, 0.717) is 0 Å². The number of para-hydroxylation sites is 4. The molecule has 0 spiro atoms. The SMILES string of the molecule is C[Si]1(C)c2cc(N(c3ccccc3)c3ccccc3)ccc2-c2cc3c4ccccc4c(N(c4ccc5oc6ccccc6c5c4)c4ccccc4-c4ccccc4)cc3c3cccc1c23. The van der Waals surface area contributed by atoms with Gasteiger partial charge in [-0.1, -0.05) is 165 Å². The molecule has 0 radical (unpaired) electrons. The fourth-order valence-electron chi connectivity index (χ4n) is 10.9. The summed E-state index contributed by atoms with van der Waals surface area (Å²) in [5, 5.41) is 12.8. The van der Waals surface area contributed by atoms with Gasteiger partial charge in [-0.05, 0) is 133 Å². The molecule has 1 aliphatic rings. The van der Waals surface area contributed by atoms with Gasteiger partial charge in [-0.2, -0.15) is 0 Å². The first-order valence-corrected chi connectivity index (χ1v) is 25.8. The van der Waals surface area contributed by atoms with Crippen LogP contribution in [0.5, 0.6) is 0 Å². The molecule has 0 atom stereocenters. The summed E-state index contributed by atoms with van der Waals surface area (Å²) < 4.78 is 6.39. The average Bonchev–Trinajstić information content (AvgIpc) is 3.75. The molecule has 0 N–H and O–H groups in total. The van der Waals surface area contributed by atoms with Crippen molar-refractivity contribution < 1.29 is 4.42 Å². The number of hydrogen-bond donors (Lipinski definition) is 0. The van der Waals surface area contributed by atoms with Gasteiger partial charge in [0.05, 0.1) is 11.4 Å². The first-order valence-electron chi connectivity index (χ1n) is 22.8. The van der Waals surface area contributed by atoms with Crippen LogP contribution in [0.1, 0.15) is 0 Å². The van der Waals surface area contributed by atoms with Gasteiger partial charge in [-0.3, -0.25) is 0 Å². The van der Waals surface area contributed by atoms with Crippen LogP contribution in [0, 0.1) is 0 Å². The van der Waals surface area contributed by atoms with Gasteiger partial charge in [0.2, 0.25) is 0 Å². The molecule has 1 aliphatic heterocycles. The topological polar surface area (TPSA) is 19.6 Å². The second kappa shape index (κ2) is 14.9. The lowest BCUT2D eigenvalue weighted by Crippen LogP contribution is -2.56. The van der Waals surface area contributed by atoms with Crippen LogP contribution in [0.3, 0.4) is 0 Å². The molecule has 4 heteroatoms. The minimum atomic E-state index is -2.26. The fourth-order valence-corrected chi connectivity index (χ4v) is 14.0.